The molecule has 0 unspecified atom stereocenters. The maximum absolute atomic E-state index is 11.8. The van der Waals surface area contributed by atoms with E-state index in [0.717, 1.165) is 0 Å². The fraction of sp³-hybridized carbons (Fsp3) is 0.125. The van der Waals surface area contributed by atoms with E-state index in [4.69, 9.17) is 18.0 Å². The second kappa shape index (κ2) is 11.3. The molecule has 2 aromatic carbocycles. The maximum Gasteiger partial charge on any atom is 0.216 e. The van der Waals surface area contributed by atoms with Crippen molar-refractivity contribution in [2.24, 2.45) is 0 Å². The average molecular weight is 452 g/mol. The summed E-state index contributed by atoms with van der Waals surface area (Å²) in [7, 11) is -2.04. The molecular formula is C16H17N3O3S2Y-2. The normalized spacial score (nSPS) is 9.68. The van der Waals surface area contributed by atoms with Crippen LogP contribution in [0, 0.1) is 13.0 Å². The third-order valence-electron chi connectivity index (χ3n) is 2.81. The van der Waals surface area contributed by atoms with Crippen LogP contribution < -0.4 is 10.0 Å². The minimum atomic E-state index is -3.59. The molecule has 0 saturated carbocycles. The molecule has 0 spiro atoms. The summed E-state index contributed by atoms with van der Waals surface area (Å²) in [6.07, 6.45) is 0. The Morgan fingerprint density at radius 3 is 2.24 bits per heavy atom. The summed E-state index contributed by atoms with van der Waals surface area (Å²) in [6, 6.07) is 16.0. The summed E-state index contributed by atoms with van der Waals surface area (Å²) < 4.78 is 25.8. The number of amides is 1. The number of hydrogen-bond donors (Lipinski definition) is 2. The first-order valence-electron chi connectivity index (χ1n) is 6.80. The van der Waals surface area contributed by atoms with E-state index in [0.29, 0.717) is 11.1 Å². The molecule has 0 fully saturated rings. The number of thiocarbonyl (C=S) groups is 1. The number of aryl methyl sites for hydroxylation is 1. The van der Waals surface area contributed by atoms with E-state index in [9.17, 15) is 13.2 Å². The Balaban J connectivity index is 0.000000495. The minimum absolute atomic E-state index is 0. The van der Waals surface area contributed by atoms with Crippen LogP contribution in [0.25, 0.3) is 5.73 Å². The van der Waals surface area contributed by atoms with Gasteiger partial charge < -0.3 is 15.8 Å². The smallest absolute Gasteiger partial charge is 0.216 e. The van der Waals surface area contributed by atoms with Crippen LogP contribution >= 0.6 is 12.2 Å². The van der Waals surface area contributed by atoms with Crippen LogP contribution in [-0.4, -0.2) is 26.5 Å². The zero-order valence-electron chi connectivity index (χ0n) is 13.7. The molecule has 0 heterocycles. The SMILES string of the molecule is CNC(=S)NS(=O)(=O)c1c[c-]ccc1C.[NH-]C(=O)c1ccccc1.[Y]. The van der Waals surface area contributed by atoms with Gasteiger partial charge in [-0.2, -0.15) is 24.3 Å². The molecule has 0 atom stereocenters. The number of sulfonamides is 1. The number of carbonyl (C=O) groups is 1. The minimum Gasteiger partial charge on any atom is -0.664 e. The second-order valence-electron chi connectivity index (χ2n) is 4.57. The molecule has 0 aliphatic carbocycles. The molecule has 3 N–H and O–H groups in total. The van der Waals surface area contributed by atoms with Gasteiger partial charge in [0.05, 0.1) is 5.91 Å². The fourth-order valence-electron chi connectivity index (χ4n) is 1.60. The molecule has 131 valence electrons. The van der Waals surface area contributed by atoms with Crippen LogP contribution in [0.4, 0.5) is 0 Å². The van der Waals surface area contributed by atoms with Gasteiger partial charge in [0, 0.05) is 39.8 Å². The average Bonchev–Trinajstić information content (AvgIpc) is 2.56. The first kappa shape index (κ1) is 23.7. The molecule has 0 aromatic heterocycles. The van der Waals surface area contributed by atoms with E-state index in [2.05, 4.69) is 16.1 Å². The zero-order valence-corrected chi connectivity index (χ0v) is 18.2. The number of benzene rings is 2. The van der Waals surface area contributed by atoms with E-state index in [1.807, 2.05) is 6.07 Å². The van der Waals surface area contributed by atoms with Crippen LogP contribution in [0.1, 0.15) is 15.9 Å². The first-order valence-corrected chi connectivity index (χ1v) is 8.69. The van der Waals surface area contributed by atoms with Crippen LogP contribution in [0.5, 0.6) is 0 Å². The molecular weight excluding hydrogens is 435 g/mol. The molecule has 1 amide bonds. The quantitative estimate of drug-likeness (QED) is 0.551. The summed E-state index contributed by atoms with van der Waals surface area (Å²) >= 11 is 4.74. The summed E-state index contributed by atoms with van der Waals surface area (Å²) in [6.45, 7) is 1.71. The van der Waals surface area contributed by atoms with E-state index >= 15 is 0 Å². The van der Waals surface area contributed by atoms with Crippen molar-refractivity contribution in [3.63, 3.8) is 0 Å². The van der Waals surface area contributed by atoms with Crippen LogP contribution in [0.3, 0.4) is 0 Å². The molecule has 1 radical (unpaired) electrons. The van der Waals surface area contributed by atoms with Gasteiger partial charge in [-0.15, -0.1) is 5.56 Å². The third-order valence-corrected chi connectivity index (χ3v) is 4.74. The van der Waals surface area contributed by atoms with Crippen molar-refractivity contribution in [3.05, 3.63) is 71.5 Å². The molecule has 25 heavy (non-hydrogen) atoms. The number of carbonyl (C=O) groups excluding carboxylic acids is 1. The van der Waals surface area contributed by atoms with E-state index in [1.165, 1.54) is 6.07 Å². The molecule has 6 nitrogen and oxygen atoms in total. The molecule has 2 aromatic rings. The summed E-state index contributed by atoms with van der Waals surface area (Å²) in [5.74, 6) is -0.629. The first-order chi connectivity index (χ1) is 11.3. The van der Waals surface area contributed by atoms with E-state index in [1.54, 1.807) is 50.4 Å². The second-order valence-corrected chi connectivity index (χ2v) is 6.63. The fourth-order valence-corrected chi connectivity index (χ4v) is 3.10. The van der Waals surface area contributed by atoms with Gasteiger partial charge in [-0.05, 0) is 22.7 Å². The van der Waals surface area contributed by atoms with Gasteiger partial charge in [-0.25, -0.2) is 8.42 Å². The Hall–Kier alpha value is -1.35. The molecule has 0 bridgehead atoms. The van der Waals surface area contributed by atoms with Gasteiger partial charge in [0.15, 0.2) is 5.11 Å². The van der Waals surface area contributed by atoms with Crippen molar-refractivity contribution in [2.75, 3.05) is 7.05 Å². The summed E-state index contributed by atoms with van der Waals surface area (Å²) in [5.41, 5.74) is 7.77. The van der Waals surface area contributed by atoms with Gasteiger partial charge >= 0.3 is 0 Å². The van der Waals surface area contributed by atoms with Crippen molar-refractivity contribution < 1.29 is 45.9 Å². The van der Waals surface area contributed by atoms with Gasteiger partial charge in [0.2, 0.25) is 10.0 Å². The topological polar surface area (TPSA) is 99.1 Å². The van der Waals surface area contributed by atoms with Crippen molar-refractivity contribution in [3.8, 4) is 0 Å². The predicted octanol–water partition coefficient (Wildman–Crippen LogP) is 2.45. The Morgan fingerprint density at radius 1 is 1.20 bits per heavy atom. The van der Waals surface area contributed by atoms with Crippen LogP contribution in [-0.2, 0) is 42.7 Å². The standard InChI is InChI=1S/C9H11N2O2S2.C7H7NO.Y/c1-7-5-3-4-6-8(7)15(12,13)11-9(14)10-2;8-7(9)6-4-2-1-3-5-6;/h3,5-6H,1-2H3,(H2,10,11,14);1-5H,(H2,8,9);/q-1;;/p-1. The number of hydrogen-bond acceptors (Lipinski definition) is 4. The van der Waals surface area contributed by atoms with Gasteiger partial charge in [0.1, 0.15) is 0 Å². The number of nitrogens with one attached hydrogen (secondary N) is 3. The van der Waals surface area contributed by atoms with E-state index in [-0.39, 0.29) is 42.7 Å². The number of rotatable bonds is 3. The van der Waals surface area contributed by atoms with Gasteiger partial charge in [0.25, 0.3) is 0 Å². The van der Waals surface area contributed by atoms with Crippen molar-refractivity contribution in [2.45, 2.75) is 11.8 Å². The monoisotopic (exact) mass is 452 g/mol. The molecule has 9 heteroatoms. The zero-order chi connectivity index (χ0) is 18.2. The van der Waals surface area contributed by atoms with Crippen molar-refractivity contribution in [1.29, 1.82) is 0 Å². The van der Waals surface area contributed by atoms with Crippen molar-refractivity contribution in [1.82, 2.24) is 10.0 Å². The maximum atomic E-state index is 11.8. The Kier molecular flexibility index (Phi) is 10.7. The Bertz CT molecular complexity index is 812. The Labute approximate surface area is 178 Å². The van der Waals surface area contributed by atoms with Crippen LogP contribution in [0.2, 0.25) is 0 Å². The van der Waals surface area contributed by atoms with Gasteiger partial charge in [-0.3, -0.25) is 4.72 Å². The van der Waals surface area contributed by atoms with Crippen LogP contribution in [0.15, 0.2) is 53.4 Å². The van der Waals surface area contributed by atoms with E-state index < -0.39 is 15.9 Å². The molecule has 2 rings (SSSR count). The summed E-state index contributed by atoms with van der Waals surface area (Å²) in [4.78, 5) is 10.5. The third kappa shape index (κ3) is 8.05. The van der Waals surface area contributed by atoms with Crippen molar-refractivity contribution >= 4 is 33.3 Å². The molecule has 0 aliphatic rings. The molecule has 0 aliphatic heterocycles. The summed E-state index contributed by atoms with van der Waals surface area (Å²) in [5, 5.41) is 2.61. The Morgan fingerprint density at radius 2 is 1.80 bits per heavy atom. The predicted molar refractivity (Wildman–Crippen MR) is 97.1 cm³/mol. The van der Waals surface area contributed by atoms with Gasteiger partial charge in [-0.1, -0.05) is 37.3 Å². The molecule has 0 saturated heterocycles. The largest absolute Gasteiger partial charge is 0.664 e.